The first-order chi connectivity index (χ1) is 12.5. The number of hydrogen-bond donors (Lipinski definition) is 1. The van der Waals surface area contributed by atoms with Gasteiger partial charge in [0.15, 0.2) is 11.6 Å². The van der Waals surface area contributed by atoms with Crippen molar-refractivity contribution < 1.29 is 23.1 Å². The molecule has 1 aliphatic rings. The van der Waals surface area contributed by atoms with Crippen LogP contribution in [0.1, 0.15) is 50.7 Å². The molecule has 1 aromatic heterocycles. The summed E-state index contributed by atoms with van der Waals surface area (Å²) in [6, 6.07) is -0.617. The first kappa shape index (κ1) is 19.3. The van der Waals surface area contributed by atoms with Crippen LogP contribution in [-0.2, 0) is 29.4 Å². The largest absolute Gasteiger partial charge is 0.444 e. The van der Waals surface area contributed by atoms with Gasteiger partial charge in [0.25, 0.3) is 0 Å². The van der Waals surface area contributed by atoms with Crippen LogP contribution in [-0.4, -0.2) is 27.5 Å². The number of alkyl carbamates (subject to hydrolysis) is 1. The van der Waals surface area contributed by atoms with E-state index in [4.69, 9.17) is 4.74 Å². The lowest BCUT2D eigenvalue weighted by atomic mass is 10.1. The summed E-state index contributed by atoms with van der Waals surface area (Å²) in [4.78, 5) is 27.2. The Morgan fingerprint density at radius 2 is 1.89 bits per heavy atom. The summed E-state index contributed by atoms with van der Waals surface area (Å²) < 4.78 is 36.6. The summed E-state index contributed by atoms with van der Waals surface area (Å²) in [6.07, 6.45) is 0.452. The topological polar surface area (TPSA) is 73.2 Å². The Morgan fingerprint density at radius 1 is 1.30 bits per heavy atom. The number of rotatable bonds is 3. The first-order valence-electron chi connectivity index (χ1n) is 8.83. The fourth-order valence-electron chi connectivity index (χ4n) is 3.53. The second kappa shape index (κ2) is 6.58. The highest BCUT2D eigenvalue weighted by atomic mass is 19.1. The average Bonchev–Trinajstić information content (AvgIpc) is 3.12. The van der Waals surface area contributed by atoms with Gasteiger partial charge in [0, 0.05) is 13.0 Å². The Balaban J connectivity index is 1.99. The fourth-order valence-corrected chi connectivity index (χ4v) is 3.53. The van der Waals surface area contributed by atoms with Gasteiger partial charge in [0.1, 0.15) is 28.7 Å². The molecular formula is C19H23F2N3O3. The molecule has 1 amide bonds. The van der Waals surface area contributed by atoms with Crippen LogP contribution in [0.5, 0.6) is 0 Å². The normalized spacial score (nSPS) is 17.7. The van der Waals surface area contributed by atoms with Gasteiger partial charge in [-0.05, 0) is 51.7 Å². The zero-order chi connectivity index (χ0) is 20.1. The highest BCUT2D eigenvalue weighted by molar-refractivity contribution is 5.81. The number of benzene rings is 1. The Bertz CT molecular complexity index is 931. The molecule has 1 aromatic carbocycles. The predicted molar refractivity (Wildman–Crippen MR) is 95.4 cm³/mol. The molecule has 0 spiro atoms. The maximum absolute atomic E-state index is 15.0. The SMILES string of the molecule is C[C@@H](NC(=O)OC(C)(C)C)c1nc2c(F)c3c(c(F)c2n1C)CC(C=O)C3. The van der Waals surface area contributed by atoms with Crippen molar-refractivity contribution in [1.29, 1.82) is 0 Å². The van der Waals surface area contributed by atoms with Crippen LogP contribution >= 0.6 is 0 Å². The van der Waals surface area contributed by atoms with Crippen molar-refractivity contribution in [2.75, 3.05) is 0 Å². The number of ether oxygens (including phenoxy) is 1. The quantitative estimate of drug-likeness (QED) is 0.830. The summed E-state index contributed by atoms with van der Waals surface area (Å²) in [6.45, 7) is 6.89. The summed E-state index contributed by atoms with van der Waals surface area (Å²) >= 11 is 0. The van der Waals surface area contributed by atoms with Crippen LogP contribution in [0.3, 0.4) is 0 Å². The minimum atomic E-state index is -0.662. The van der Waals surface area contributed by atoms with Crippen LogP contribution in [0.15, 0.2) is 0 Å². The lowest BCUT2D eigenvalue weighted by molar-refractivity contribution is -0.110. The van der Waals surface area contributed by atoms with Gasteiger partial charge >= 0.3 is 6.09 Å². The van der Waals surface area contributed by atoms with Crippen molar-refractivity contribution in [3.05, 3.63) is 28.6 Å². The Hall–Kier alpha value is -2.51. The summed E-state index contributed by atoms with van der Waals surface area (Å²) in [5.74, 6) is -1.26. The van der Waals surface area contributed by atoms with E-state index in [9.17, 15) is 14.0 Å². The van der Waals surface area contributed by atoms with E-state index in [1.165, 1.54) is 4.57 Å². The lowest BCUT2D eigenvalue weighted by Crippen LogP contribution is -2.34. The summed E-state index contributed by atoms with van der Waals surface area (Å²) in [7, 11) is 1.57. The molecule has 1 heterocycles. The molecule has 3 rings (SSSR count). The maximum atomic E-state index is 15.0. The summed E-state index contributed by atoms with van der Waals surface area (Å²) in [5, 5.41) is 2.63. The molecule has 0 aliphatic heterocycles. The van der Waals surface area contributed by atoms with E-state index in [1.54, 1.807) is 34.7 Å². The monoisotopic (exact) mass is 379 g/mol. The second-order valence-electron chi connectivity index (χ2n) is 7.98. The van der Waals surface area contributed by atoms with E-state index in [1.807, 2.05) is 0 Å². The van der Waals surface area contributed by atoms with Crippen LogP contribution in [0, 0.1) is 17.6 Å². The molecular weight excluding hydrogens is 356 g/mol. The van der Waals surface area contributed by atoms with E-state index in [0.29, 0.717) is 5.82 Å². The first-order valence-corrected chi connectivity index (χ1v) is 8.83. The third-order valence-electron chi connectivity index (χ3n) is 4.69. The highest BCUT2D eigenvalue weighted by Crippen LogP contribution is 2.36. The Morgan fingerprint density at radius 3 is 2.44 bits per heavy atom. The van der Waals surface area contributed by atoms with Gasteiger partial charge in [-0.1, -0.05) is 0 Å². The molecule has 1 unspecified atom stereocenters. The second-order valence-corrected chi connectivity index (χ2v) is 7.98. The number of aldehydes is 1. The van der Waals surface area contributed by atoms with Crippen molar-refractivity contribution in [2.24, 2.45) is 13.0 Å². The smallest absolute Gasteiger partial charge is 0.408 e. The van der Waals surface area contributed by atoms with Crippen molar-refractivity contribution in [1.82, 2.24) is 14.9 Å². The predicted octanol–water partition coefficient (Wildman–Crippen LogP) is 3.35. The molecule has 2 aromatic rings. The lowest BCUT2D eigenvalue weighted by Gasteiger charge is -2.21. The number of carbonyl (C=O) groups excluding carboxylic acids is 2. The zero-order valence-corrected chi connectivity index (χ0v) is 16.0. The number of carbonyl (C=O) groups is 2. The molecule has 2 atom stereocenters. The van der Waals surface area contributed by atoms with Crippen LogP contribution < -0.4 is 5.32 Å². The molecule has 0 saturated carbocycles. The van der Waals surface area contributed by atoms with Crippen molar-refractivity contribution >= 4 is 23.4 Å². The van der Waals surface area contributed by atoms with E-state index in [0.717, 1.165) is 6.29 Å². The van der Waals surface area contributed by atoms with Crippen molar-refractivity contribution in [2.45, 2.75) is 52.2 Å². The number of amides is 1. The number of nitrogens with one attached hydrogen (secondary N) is 1. The third kappa shape index (κ3) is 3.40. The van der Waals surface area contributed by atoms with Crippen molar-refractivity contribution in [3.63, 3.8) is 0 Å². The number of hydrogen-bond acceptors (Lipinski definition) is 4. The van der Waals surface area contributed by atoms with Gasteiger partial charge in [-0.25, -0.2) is 18.6 Å². The molecule has 27 heavy (non-hydrogen) atoms. The fraction of sp³-hybridized carbons (Fsp3) is 0.526. The Kier molecular flexibility index (Phi) is 4.69. The number of nitrogens with zero attached hydrogens (tertiary/aromatic N) is 2. The number of halogens is 2. The zero-order valence-electron chi connectivity index (χ0n) is 16.0. The molecule has 6 nitrogen and oxygen atoms in total. The third-order valence-corrected chi connectivity index (χ3v) is 4.69. The molecule has 0 fully saturated rings. The van der Waals surface area contributed by atoms with Gasteiger partial charge in [-0.3, -0.25) is 0 Å². The number of fused-ring (bicyclic) bond motifs is 2. The van der Waals surface area contributed by atoms with Crippen molar-refractivity contribution in [3.8, 4) is 0 Å². The van der Waals surface area contributed by atoms with E-state index >= 15 is 4.39 Å². The molecule has 0 radical (unpaired) electrons. The number of aromatic nitrogens is 2. The molecule has 1 N–H and O–H groups in total. The van der Waals surface area contributed by atoms with E-state index in [2.05, 4.69) is 10.3 Å². The van der Waals surface area contributed by atoms with Gasteiger partial charge in [-0.15, -0.1) is 0 Å². The van der Waals surface area contributed by atoms with Gasteiger partial charge in [0.05, 0.1) is 6.04 Å². The van der Waals surface area contributed by atoms with E-state index in [-0.39, 0.29) is 35.0 Å². The van der Waals surface area contributed by atoms with Gasteiger partial charge in [0.2, 0.25) is 0 Å². The van der Waals surface area contributed by atoms with Gasteiger partial charge in [-0.2, -0.15) is 0 Å². The van der Waals surface area contributed by atoms with Gasteiger partial charge < -0.3 is 19.4 Å². The standard InChI is InChI=1S/C19H23F2N3O3/c1-9(22-18(26)27-19(2,3)4)17-23-15-13(20)11-6-10(8-25)7-12(11)14(21)16(15)24(17)5/h8-10H,6-7H2,1-5H3,(H,22,26)/t9-,10?/m1/s1. The highest BCUT2D eigenvalue weighted by Gasteiger charge is 2.32. The van der Waals surface area contributed by atoms with Crippen LogP contribution in [0.2, 0.25) is 0 Å². The molecule has 1 aliphatic carbocycles. The van der Waals surface area contributed by atoms with Crippen LogP contribution in [0.4, 0.5) is 13.6 Å². The minimum absolute atomic E-state index is 0.0330. The molecule has 0 saturated heterocycles. The number of aryl methyl sites for hydroxylation is 1. The Labute approximate surface area is 155 Å². The van der Waals surface area contributed by atoms with Crippen LogP contribution in [0.25, 0.3) is 11.0 Å². The van der Waals surface area contributed by atoms with E-state index < -0.39 is 35.3 Å². The molecule has 146 valence electrons. The summed E-state index contributed by atoms with van der Waals surface area (Å²) in [5.41, 5.74) is -0.266. The number of imidazole rings is 1. The molecule has 8 heteroatoms. The maximum Gasteiger partial charge on any atom is 0.408 e. The average molecular weight is 379 g/mol. The minimum Gasteiger partial charge on any atom is -0.444 e. The molecule has 0 bridgehead atoms.